The Morgan fingerprint density at radius 1 is 1.06 bits per heavy atom. The first-order chi connectivity index (χ1) is 15.2. The summed E-state index contributed by atoms with van der Waals surface area (Å²) >= 11 is 0. The number of nitrogens with zero attached hydrogens (tertiary/aromatic N) is 3. The van der Waals surface area contributed by atoms with Crippen molar-refractivity contribution in [3.63, 3.8) is 0 Å². The van der Waals surface area contributed by atoms with Gasteiger partial charge in [0.05, 0.1) is 38.2 Å². The van der Waals surface area contributed by atoms with Crippen LogP contribution in [0.4, 0.5) is 11.4 Å². The highest BCUT2D eigenvalue weighted by molar-refractivity contribution is 7.89. The molecule has 0 saturated heterocycles. The number of nitro benzene ring substituents is 1. The normalized spacial score (nSPS) is 11.6. The largest absolute Gasteiger partial charge is 0.493 e. The van der Waals surface area contributed by atoms with Crippen LogP contribution in [-0.2, 0) is 10.0 Å². The molecule has 0 aliphatic rings. The zero-order valence-electron chi connectivity index (χ0n) is 18.5. The van der Waals surface area contributed by atoms with Crippen LogP contribution in [0.2, 0.25) is 0 Å². The van der Waals surface area contributed by atoms with Crippen molar-refractivity contribution in [2.75, 3.05) is 39.8 Å². The van der Waals surface area contributed by atoms with Gasteiger partial charge in [0.25, 0.3) is 5.69 Å². The van der Waals surface area contributed by atoms with Gasteiger partial charge in [0.15, 0.2) is 11.5 Å². The van der Waals surface area contributed by atoms with Gasteiger partial charge in [-0.25, -0.2) is 8.42 Å². The maximum atomic E-state index is 13.0. The van der Waals surface area contributed by atoms with Crippen molar-refractivity contribution in [3.05, 3.63) is 46.0 Å². The Labute approximate surface area is 186 Å². The summed E-state index contributed by atoms with van der Waals surface area (Å²) in [6.07, 6.45) is 1.41. The molecular formula is C20H26N4O7S. The van der Waals surface area contributed by atoms with E-state index in [9.17, 15) is 18.5 Å². The van der Waals surface area contributed by atoms with Crippen molar-refractivity contribution < 1.29 is 27.6 Å². The van der Waals surface area contributed by atoms with Crippen molar-refractivity contribution in [1.82, 2.24) is 4.31 Å². The van der Waals surface area contributed by atoms with Crippen LogP contribution in [0.15, 0.2) is 40.3 Å². The van der Waals surface area contributed by atoms with E-state index in [1.807, 2.05) is 0 Å². The molecule has 174 valence electrons. The quantitative estimate of drug-likeness (QED) is 0.303. The molecule has 11 nitrogen and oxygen atoms in total. The second-order valence-corrected chi connectivity index (χ2v) is 8.23. The summed E-state index contributed by atoms with van der Waals surface area (Å²) in [6.45, 7) is 3.81. The van der Waals surface area contributed by atoms with Crippen LogP contribution in [0.1, 0.15) is 19.4 Å². The smallest absolute Gasteiger partial charge is 0.270 e. The number of anilines is 1. The molecule has 0 aromatic heterocycles. The second-order valence-electron chi connectivity index (χ2n) is 6.32. The SMILES string of the molecule is CCN(CC)S(=O)(=O)c1cc([N+](=O)[O-])ccc1NN=Cc1ccc(OC)c(OC)c1OC. The first-order valence-electron chi connectivity index (χ1n) is 9.61. The number of non-ortho nitro benzene ring substituents is 1. The molecule has 0 aliphatic heterocycles. The Hall–Kier alpha value is -3.38. The van der Waals surface area contributed by atoms with Gasteiger partial charge in [-0.15, -0.1) is 0 Å². The van der Waals surface area contributed by atoms with Gasteiger partial charge < -0.3 is 14.2 Å². The number of rotatable bonds is 11. The molecule has 32 heavy (non-hydrogen) atoms. The Morgan fingerprint density at radius 2 is 1.72 bits per heavy atom. The van der Waals surface area contributed by atoms with Crippen LogP contribution in [0.5, 0.6) is 17.2 Å². The molecule has 12 heteroatoms. The van der Waals surface area contributed by atoms with E-state index >= 15 is 0 Å². The van der Waals surface area contributed by atoms with E-state index in [2.05, 4.69) is 10.5 Å². The highest BCUT2D eigenvalue weighted by Gasteiger charge is 2.27. The van der Waals surface area contributed by atoms with Crippen molar-refractivity contribution in [1.29, 1.82) is 0 Å². The average molecular weight is 467 g/mol. The molecule has 0 atom stereocenters. The lowest BCUT2D eigenvalue weighted by atomic mass is 10.2. The molecule has 0 amide bonds. The minimum atomic E-state index is -3.98. The fourth-order valence-electron chi connectivity index (χ4n) is 3.03. The third-order valence-electron chi connectivity index (χ3n) is 4.62. The first kappa shape index (κ1) is 24.9. The molecule has 1 N–H and O–H groups in total. The summed E-state index contributed by atoms with van der Waals surface area (Å²) < 4.78 is 43.3. The molecule has 0 saturated carbocycles. The second kappa shape index (κ2) is 10.8. The van der Waals surface area contributed by atoms with E-state index in [0.717, 1.165) is 6.07 Å². The van der Waals surface area contributed by atoms with E-state index in [1.54, 1.807) is 26.0 Å². The standard InChI is InChI=1S/C20H26N4O7S/c1-6-23(7-2)32(27,28)18-12-15(24(25)26)9-10-16(18)22-21-13-14-8-11-17(29-3)20(31-5)19(14)30-4/h8-13,22H,6-7H2,1-5H3. The maximum Gasteiger partial charge on any atom is 0.270 e. The summed E-state index contributed by atoms with van der Waals surface area (Å²) in [5, 5.41) is 15.3. The highest BCUT2D eigenvalue weighted by atomic mass is 32.2. The predicted octanol–water partition coefficient (Wildman–Crippen LogP) is 3.10. The van der Waals surface area contributed by atoms with E-state index < -0.39 is 14.9 Å². The molecule has 2 rings (SSSR count). The molecule has 0 aliphatic carbocycles. The molecule has 2 aromatic carbocycles. The molecule has 0 heterocycles. The summed E-state index contributed by atoms with van der Waals surface area (Å²) in [5.74, 6) is 1.22. The molecular weight excluding hydrogens is 440 g/mol. The van der Waals surface area contributed by atoms with E-state index in [-0.39, 0.29) is 29.4 Å². The molecule has 2 aromatic rings. The third kappa shape index (κ3) is 5.08. The number of nitro groups is 1. The van der Waals surface area contributed by atoms with Crippen LogP contribution in [0.3, 0.4) is 0 Å². The maximum absolute atomic E-state index is 13.0. The number of hydrogen-bond donors (Lipinski definition) is 1. The fraction of sp³-hybridized carbons (Fsp3) is 0.350. The van der Waals surface area contributed by atoms with E-state index in [1.165, 1.54) is 44.0 Å². The number of hydrazone groups is 1. The van der Waals surface area contributed by atoms with E-state index in [4.69, 9.17) is 14.2 Å². The number of benzene rings is 2. The highest BCUT2D eigenvalue weighted by Crippen LogP contribution is 2.39. The number of ether oxygens (including phenoxy) is 3. The number of nitrogens with one attached hydrogen (secondary N) is 1. The van der Waals surface area contributed by atoms with Crippen molar-refractivity contribution in [2.45, 2.75) is 18.7 Å². The Bertz CT molecular complexity index is 1100. The van der Waals surface area contributed by atoms with Gasteiger partial charge in [0.1, 0.15) is 4.90 Å². The predicted molar refractivity (Wildman–Crippen MR) is 121 cm³/mol. The van der Waals surface area contributed by atoms with Crippen molar-refractivity contribution in [3.8, 4) is 17.2 Å². The molecule has 0 spiro atoms. The lowest BCUT2D eigenvalue weighted by molar-refractivity contribution is -0.385. The zero-order chi connectivity index (χ0) is 23.9. The number of sulfonamides is 1. The van der Waals surface area contributed by atoms with Crippen LogP contribution in [-0.4, -0.2) is 58.3 Å². The van der Waals surface area contributed by atoms with Gasteiger partial charge in [-0.2, -0.15) is 9.41 Å². The lowest BCUT2D eigenvalue weighted by Crippen LogP contribution is -2.31. The van der Waals surface area contributed by atoms with Crippen LogP contribution >= 0.6 is 0 Å². The summed E-state index contributed by atoms with van der Waals surface area (Å²) in [6, 6.07) is 6.88. The molecule has 0 bridgehead atoms. The van der Waals surface area contributed by atoms with Crippen molar-refractivity contribution >= 4 is 27.6 Å². The minimum Gasteiger partial charge on any atom is -0.493 e. The molecule has 0 radical (unpaired) electrons. The fourth-order valence-corrected chi connectivity index (χ4v) is 4.65. The lowest BCUT2D eigenvalue weighted by Gasteiger charge is -2.20. The monoisotopic (exact) mass is 466 g/mol. The van der Waals surface area contributed by atoms with Crippen LogP contribution < -0.4 is 19.6 Å². The zero-order valence-corrected chi connectivity index (χ0v) is 19.3. The van der Waals surface area contributed by atoms with Crippen molar-refractivity contribution in [2.24, 2.45) is 5.10 Å². The van der Waals surface area contributed by atoms with Gasteiger partial charge in [0.2, 0.25) is 15.8 Å². The minimum absolute atomic E-state index is 0.0955. The Balaban J connectivity index is 2.48. The topological polar surface area (TPSA) is 133 Å². The Kier molecular flexibility index (Phi) is 8.38. The van der Waals surface area contributed by atoms with E-state index in [0.29, 0.717) is 22.8 Å². The van der Waals surface area contributed by atoms with Gasteiger partial charge in [-0.1, -0.05) is 13.8 Å². The average Bonchev–Trinajstić information content (AvgIpc) is 2.78. The Morgan fingerprint density at radius 3 is 2.25 bits per heavy atom. The van der Waals surface area contributed by atoms with Crippen LogP contribution in [0.25, 0.3) is 0 Å². The molecule has 0 unspecified atom stereocenters. The van der Waals surface area contributed by atoms with Crippen LogP contribution in [0, 0.1) is 10.1 Å². The molecule has 0 fully saturated rings. The third-order valence-corrected chi connectivity index (χ3v) is 6.71. The summed E-state index contributed by atoms with van der Waals surface area (Å²) in [5.41, 5.74) is 2.96. The first-order valence-corrected chi connectivity index (χ1v) is 11.1. The summed E-state index contributed by atoms with van der Waals surface area (Å²) in [7, 11) is 0.453. The summed E-state index contributed by atoms with van der Waals surface area (Å²) in [4.78, 5) is 10.3. The van der Waals surface area contributed by atoms with Gasteiger partial charge in [-0.05, 0) is 18.2 Å². The number of methoxy groups -OCH3 is 3. The van der Waals surface area contributed by atoms with Gasteiger partial charge in [0, 0.05) is 30.8 Å². The van der Waals surface area contributed by atoms with Gasteiger partial charge >= 0.3 is 0 Å². The number of hydrogen-bond acceptors (Lipinski definition) is 9. The van der Waals surface area contributed by atoms with Gasteiger partial charge in [-0.3, -0.25) is 15.5 Å².